The summed E-state index contributed by atoms with van der Waals surface area (Å²) < 4.78 is 86.6. The van der Waals surface area contributed by atoms with Crippen LogP contribution in [0, 0.1) is 17.1 Å². The first-order valence-electron chi connectivity index (χ1n) is 19.0. The molecule has 3 amide bonds. The number of carbonyl (C=O) groups excluding carboxylic acids is 3. The van der Waals surface area contributed by atoms with Gasteiger partial charge < -0.3 is 30.3 Å². The lowest BCUT2D eigenvalue weighted by molar-refractivity contribution is -0.138. The number of nitrogens with one attached hydrogen (secondary N) is 3. The van der Waals surface area contributed by atoms with Gasteiger partial charge in [-0.1, -0.05) is 24.3 Å². The number of alkyl halides is 3. The molecular weight excluding hydrogens is 839 g/mol. The van der Waals surface area contributed by atoms with Crippen LogP contribution in [0.1, 0.15) is 39.7 Å². The lowest BCUT2D eigenvalue weighted by atomic mass is 10.0. The number of nitriles is 1. The molecule has 1 atom stereocenters. The molecule has 20 heteroatoms. The zero-order valence-corrected chi connectivity index (χ0v) is 33.8. The predicted molar refractivity (Wildman–Crippen MR) is 217 cm³/mol. The first-order chi connectivity index (χ1) is 29.4. The number of amides is 3. The smallest absolute Gasteiger partial charge is 0.383 e. The summed E-state index contributed by atoms with van der Waals surface area (Å²) in [7, 11) is -4.29. The van der Waals surface area contributed by atoms with Crippen LogP contribution >= 0.6 is 0 Å². The number of aromatic amines is 1. The zero-order chi connectivity index (χ0) is 44.8. The molecule has 0 saturated carbocycles. The van der Waals surface area contributed by atoms with Crippen molar-refractivity contribution in [2.24, 2.45) is 0 Å². The van der Waals surface area contributed by atoms with Gasteiger partial charge in [-0.2, -0.15) is 23.5 Å². The standard InChI is InChI=1S/C42H39F4N7O8S/c1-41(58,40(57)49-29-8-7-27(23-47)34(22-29)42(44,45)46)25-62(59,60)30-11-9-28(10-12-30)48-14-19-61-24-37(54)52-15-17-53(18-16-52)39(56)33-20-26(6-13-35(33)43)21-36-31-4-2-3-5-32(31)38(55)51-50-36/h2-13,20,22,48,58H,14-19,21,24-25H2,1H3,(H,49,57)(H,51,55). The van der Waals surface area contributed by atoms with Gasteiger partial charge in [0, 0.05) is 55.9 Å². The summed E-state index contributed by atoms with van der Waals surface area (Å²) in [5, 5.41) is 32.5. The molecule has 324 valence electrons. The lowest BCUT2D eigenvalue weighted by Crippen LogP contribution is -2.51. The maximum absolute atomic E-state index is 14.9. The van der Waals surface area contributed by atoms with Crippen molar-refractivity contribution >= 4 is 49.7 Å². The number of sulfone groups is 1. The van der Waals surface area contributed by atoms with Crippen LogP contribution in [0.5, 0.6) is 0 Å². The van der Waals surface area contributed by atoms with Crippen molar-refractivity contribution in [2.45, 2.75) is 30.0 Å². The van der Waals surface area contributed by atoms with E-state index in [0.29, 0.717) is 33.8 Å². The summed E-state index contributed by atoms with van der Waals surface area (Å²) in [5.41, 5.74) is -3.73. The van der Waals surface area contributed by atoms with E-state index in [9.17, 15) is 50.3 Å². The van der Waals surface area contributed by atoms with E-state index in [4.69, 9.17) is 10.00 Å². The van der Waals surface area contributed by atoms with Gasteiger partial charge >= 0.3 is 6.18 Å². The number of H-pyrrole nitrogens is 1. The molecule has 6 rings (SSSR count). The molecule has 0 aliphatic carbocycles. The second-order valence-corrected chi connectivity index (χ2v) is 16.6. The third-order valence-corrected chi connectivity index (χ3v) is 11.9. The number of ether oxygens (including phenoxy) is 1. The number of piperazine rings is 1. The average molecular weight is 878 g/mol. The Bertz CT molecular complexity index is 2710. The fourth-order valence-corrected chi connectivity index (χ4v) is 8.30. The molecule has 1 aromatic heterocycles. The fraction of sp³-hybridized carbons (Fsp3) is 0.286. The third kappa shape index (κ3) is 10.6. The van der Waals surface area contributed by atoms with Gasteiger partial charge in [-0.05, 0) is 73.2 Å². The highest BCUT2D eigenvalue weighted by atomic mass is 32.2. The van der Waals surface area contributed by atoms with Crippen molar-refractivity contribution in [1.29, 1.82) is 5.26 Å². The molecule has 15 nitrogen and oxygen atoms in total. The highest BCUT2D eigenvalue weighted by molar-refractivity contribution is 7.91. The number of fused-ring (bicyclic) bond motifs is 1. The number of nitrogens with zero attached hydrogens (tertiary/aromatic N) is 4. The van der Waals surface area contributed by atoms with E-state index in [1.807, 2.05) is 0 Å². The van der Waals surface area contributed by atoms with E-state index in [1.165, 1.54) is 52.3 Å². The molecule has 0 radical (unpaired) electrons. The maximum Gasteiger partial charge on any atom is 0.417 e. The summed E-state index contributed by atoms with van der Waals surface area (Å²) in [6.07, 6.45) is -4.66. The molecule has 4 N–H and O–H groups in total. The molecule has 1 fully saturated rings. The summed E-state index contributed by atoms with van der Waals surface area (Å²) >= 11 is 0. The molecule has 1 unspecified atom stereocenters. The second-order valence-electron chi connectivity index (χ2n) is 14.6. The van der Waals surface area contributed by atoms with Crippen LogP contribution in [-0.2, 0) is 36.8 Å². The molecule has 1 aliphatic heterocycles. The van der Waals surface area contributed by atoms with Crippen molar-refractivity contribution in [3.8, 4) is 6.07 Å². The summed E-state index contributed by atoms with van der Waals surface area (Å²) in [5.74, 6) is -3.90. The Morgan fingerprint density at radius 2 is 1.60 bits per heavy atom. The number of rotatable bonds is 14. The number of aromatic nitrogens is 2. The van der Waals surface area contributed by atoms with Gasteiger partial charge in [-0.15, -0.1) is 0 Å². The number of halogens is 4. The maximum atomic E-state index is 14.9. The average Bonchev–Trinajstić information content (AvgIpc) is 3.24. The molecule has 0 spiro atoms. The molecule has 0 bridgehead atoms. The van der Waals surface area contributed by atoms with E-state index in [-0.39, 0.29) is 74.3 Å². The van der Waals surface area contributed by atoms with Crippen LogP contribution in [-0.4, -0.2) is 109 Å². The molecule has 1 saturated heterocycles. The second kappa shape index (κ2) is 18.5. The van der Waals surface area contributed by atoms with Gasteiger partial charge in [-0.3, -0.25) is 19.2 Å². The van der Waals surface area contributed by atoms with Crippen LogP contribution in [0.25, 0.3) is 10.8 Å². The Morgan fingerprint density at radius 3 is 2.27 bits per heavy atom. The Balaban J connectivity index is 0.926. The van der Waals surface area contributed by atoms with E-state index in [0.717, 1.165) is 19.1 Å². The van der Waals surface area contributed by atoms with Crippen molar-refractivity contribution in [1.82, 2.24) is 20.0 Å². The molecule has 1 aliphatic rings. The third-order valence-electron chi connectivity index (χ3n) is 10.0. The Labute approximate surface area is 351 Å². The fourth-order valence-electron chi connectivity index (χ4n) is 6.71. The minimum absolute atomic E-state index is 0.0892. The lowest BCUT2D eigenvalue weighted by Gasteiger charge is -2.34. The van der Waals surface area contributed by atoms with Gasteiger partial charge in [0.05, 0.1) is 51.1 Å². The number of aliphatic hydroxyl groups is 1. The predicted octanol–water partition coefficient (Wildman–Crippen LogP) is 4.12. The van der Waals surface area contributed by atoms with Crippen LogP contribution in [0.4, 0.5) is 28.9 Å². The van der Waals surface area contributed by atoms with E-state index >= 15 is 0 Å². The molecular formula is C42H39F4N7O8S. The number of benzene rings is 4. The van der Waals surface area contributed by atoms with Crippen LogP contribution in [0.15, 0.2) is 94.6 Å². The summed E-state index contributed by atoms with van der Waals surface area (Å²) in [4.78, 5) is 53.9. The molecule has 4 aromatic carbocycles. The molecule has 62 heavy (non-hydrogen) atoms. The van der Waals surface area contributed by atoms with Crippen molar-refractivity contribution in [3.63, 3.8) is 0 Å². The van der Waals surface area contributed by atoms with E-state index in [2.05, 4.69) is 20.8 Å². The van der Waals surface area contributed by atoms with Gasteiger partial charge in [0.15, 0.2) is 15.4 Å². The normalized spacial score (nSPS) is 14.2. The number of carbonyl (C=O) groups is 3. The van der Waals surface area contributed by atoms with Crippen molar-refractivity contribution in [3.05, 3.63) is 129 Å². The largest absolute Gasteiger partial charge is 0.417 e. The minimum Gasteiger partial charge on any atom is -0.383 e. The van der Waals surface area contributed by atoms with Gasteiger partial charge in [-0.25, -0.2) is 17.9 Å². The SMILES string of the molecule is CC(O)(CS(=O)(=O)c1ccc(NCCOCC(=O)N2CCN(C(=O)c3cc(Cc4n[nH]c(=O)c5ccccc45)ccc3F)CC2)cc1)C(=O)Nc1ccc(C#N)c(C(F)(F)F)c1. The zero-order valence-electron chi connectivity index (χ0n) is 33.0. The summed E-state index contributed by atoms with van der Waals surface area (Å²) in [6.45, 7) is 1.71. The molecule has 2 heterocycles. The number of hydrogen-bond donors (Lipinski definition) is 4. The Kier molecular flexibility index (Phi) is 13.4. The number of anilines is 2. The van der Waals surface area contributed by atoms with Crippen LogP contribution in [0.3, 0.4) is 0 Å². The van der Waals surface area contributed by atoms with Gasteiger partial charge in [0.1, 0.15) is 12.4 Å². The van der Waals surface area contributed by atoms with Crippen molar-refractivity contribution in [2.75, 3.05) is 62.3 Å². The Morgan fingerprint density at radius 1 is 0.935 bits per heavy atom. The first-order valence-corrected chi connectivity index (χ1v) is 20.6. The quantitative estimate of drug-likeness (QED) is 0.0920. The van der Waals surface area contributed by atoms with Gasteiger partial charge in [0.25, 0.3) is 17.4 Å². The van der Waals surface area contributed by atoms with Gasteiger partial charge in [0.2, 0.25) is 5.91 Å². The van der Waals surface area contributed by atoms with Crippen LogP contribution in [0.2, 0.25) is 0 Å². The van der Waals surface area contributed by atoms with E-state index < -0.39 is 61.8 Å². The highest BCUT2D eigenvalue weighted by Crippen LogP contribution is 2.34. The highest BCUT2D eigenvalue weighted by Gasteiger charge is 2.38. The minimum atomic E-state index is -4.90. The van der Waals surface area contributed by atoms with Crippen LogP contribution < -0.4 is 16.2 Å². The van der Waals surface area contributed by atoms with Crippen molar-refractivity contribution < 1.29 is 50.2 Å². The summed E-state index contributed by atoms with van der Waals surface area (Å²) in [6, 6.07) is 20.3. The monoisotopic (exact) mass is 877 g/mol. The molecule has 5 aromatic rings. The first kappa shape index (κ1) is 44.9. The van der Waals surface area contributed by atoms with E-state index in [1.54, 1.807) is 30.3 Å². The topological polar surface area (TPSA) is 215 Å². The number of hydrogen-bond acceptors (Lipinski definition) is 11. The Hall–Kier alpha value is -6.69.